The smallest absolute Gasteiger partial charge is 0.250 e. The number of benzene rings is 3. The zero-order valence-corrected chi connectivity index (χ0v) is 19.4. The van der Waals surface area contributed by atoms with Gasteiger partial charge in [0.05, 0.1) is 5.56 Å². The summed E-state index contributed by atoms with van der Waals surface area (Å²) in [7, 11) is 0. The Labute approximate surface area is 200 Å². The number of anilines is 1. The van der Waals surface area contributed by atoms with Crippen LogP contribution in [0.2, 0.25) is 5.02 Å². The molecule has 0 saturated heterocycles. The van der Waals surface area contributed by atoms with Crippen LogP contribution in [0.3, 0.4) is 0 Å². The Morgan fingerprint density at radius 3 is 2.64 bits per heavy atom. The largest absolute Gasteiger partial charge is 0.507 e. The molecule has 0 spiro atoms. The quantitative estimate of drug-likeness (QED) is 0.190. The highest BCUT2D eigenvalue weighted by Gasteiger charge is 2.15. The van der Waals surface area contributed by atoms with Crippen LogP contribution in [-0.2, 0) is 4.79 Å². The van der Waals surface area contributed by atoms with E-state index in [-0.39, 0.29) is 16.8 Å². The Balaban J connectivity index is 1.47. The van der Waals surface area contributed by atoms with Crippen LogP contribution >= 0.6 is 23.8 Å². The first-order valence-electron chi connectivity index (χ1n) is 10.1. The molecule has 1 amide bonds. The highest BCUT2D eigenvalue weighted by molar-refractivity contribution is 7.80. The number of aromatic nitrogens is 1. The summed E-state index contributed by atoms with van der Waals surface area (Å²) in [6.45, 7) is 3.94. The number of nitrogens with zero attached hydrogens (tertiary/aromatic N) is 1. The molecule has 0 bridgehead atoms. The van der Waals surface area contributed by atoms with Gasteiger partial charge in [0.25, 0.3) is 0 Å². The van der Waals surface area contributed by atoms with E-state index in [1.54, 1.807) is 42.5 Å². The number of hydrogen-bond acceptors (Lipinski definition) is 5. The van der Waals surface area contributed by atoms with Crippen LogP contribution in [0.4, 0.5) is 5.69 Å². The van der Waals surface area contributed by atoms with E-state index in [2.05, 4.69) is 15.6 Å². The molecule has 33 heavy (non-hydrogen) atoms. The molecule has 0 atom stereocenters. The Kier molecular flexibility index (Phi) is 6.44. The Morgan fingerprint density at radius 2 is 1.88 bits per heavy atom. The zero-order chi connectivity index (χ0) is 23.5. The van der Waals surface area contributed by atoms with Gasteiger partial charge in [0, 0.05) is 16.8 Å². The van der Waals surface area contributed by atoms with Crippen LogP contribution in [0.1, 0.15) is 16.7 Å². The summed E-state index contributed by atoms with van der Waals surface area (Å²) in [6.07, 6.45) is 3.03. The lowest BCUT2D eigenvalue weighted by atomic mass is 10.1. The van der Waals surface area contributed by atoms with Gasteiger partial charge in [-0.1, -0.05) is 29.8 Å². The number of nitrogens with one attached hydrogen (secondary N) is 2. The average molecular weight is 478 g/mol. The number of carbonyl (C=O) groups excluding carboxylic acids is 1. The summed E-state index contributed by atoms with van der Waals surface area (Å²) in [6, 6.07) is 15.8. The molecule has 1 heterocycles. The fourth-order valence-electron chi connectivity index (χ4n) is 3.34. The molecular formula is C25H20ClN3O3S. The van der Waals surface area contributed by atoms with Gasteiger partial charge >= 0.3 is 0 Å². The lowest BCUT2D eigenvalue weighted by molar-refractivity contribution is -0.115. The van der Waals surface area contributed by atoms with Gasteiger partial charge in [-0.2, -0.15) is 0 Å². The van der Waals surface area contributed by atoms with Gasteiger partial charge in [0.2, 0.25) is 11.8 Å². The third-order valence-electron chi connectivity index (χ3n) is 4.84. The number of phenols is 1. The van der Waals surface area contributed by atoms with Crippen molar-refractivity contribution < 1.29 is 14.3 Å². The Bertz CT molecular complexity index is 1390. The zero-order valence-electron chi connectivity index (χ0n) is 17.8. The van der Waals surface area contributed by atoms with Crippen LogP contribution in [-0.4, -0.2) is 21.1 Å². The second kappa shape index (κ2) is 9.44. The van der Waals surface area contributed by atoms with Gasteiger partial charge in [-0.15, -0.1) is 0 Å². The molecule has 0 unspecified atom stereocenters. The van der Waals surface area contributed by atoms with E-state index in [0.29, 0.717) is 27.7 Å². The molecule has 3 aromatic carbocycles. The number of oxazole rings is 1. The predicted octanol–water partition coefficient (Wildman–Crippen LogP) is 6.00. The van der Waals surface area contributed by atoms with Crippen molar-refractivity contribution in [1.29, 1.82) is 0 Å². The molecule has 0 radical (unpaired) electrons. The van der Waals surface area contributed by atoms with Gasteiger partial charge in [0.15, 0.2) is 10.7 Å². The van der Waals surface area contributed by atoms with Crippen molar-refractivity contribution in [3.05, 3.63) is 82.4 Å². The third-order valence-corrected chi connectivity index (χ3v) is 5.29. The maximum atomic E-state index is 12.2. The van der Waals surface area contributed by atoms with Crippen LogP contribution in [0.15, 0.2) is 65.1 Å². The molecule has 8 heteroatoms. The first-order valence-corrected chi connectivity index (χ1v) is 10.8. The number of hydrogen-bond donors (Lipinski definition) is 3. The van der Waals surface area contributed by atoms with E-state index in [1.165, 1.54) is 12.1 Å². The molecule has 4 rings (SSSR count). The lowest BCUT2D eigenvalue weighted by Gasteiger charge is -2.10. The standard InChI is InChI=1S/C25H20ClN3O3S/c1-14-11-15(2)23-20(12-14)28-24(32-23)19-13-18(8-9-21(19)30)27-25(33)29-22(31)10-5-16-3-6-17(26)7-4-16/h3-13,30H,1-2H3,(H2,27,29,31,33)/b10-5+. The number of rotatable bonds is 4. The van der Waals surface area contributed by atoms with Crippen LogP contribution in [0.5, 0.6) is 5.75 Å². The Morgan fingerprint density at radius 1 is 1.12 bits per heavy atom. The minimum atomic E-state index is -0.383. The van der Waals surface area contributed by atoms with E-state index >= 15 is 0 Å². The number of fused-ring (bicyclic) bond motifs is 1. The SMILES string of the molecule is Cc1cc(C)c2oc(-c3cc(NC(=S)NC(=O)/C=C/c4ccc(Cl)cc4)ccc3O)nc2c1. The van der Waals surface area contributed by atoms with E-state index in [0.717, 1.165) is 22.2 Å². The molecule has 3 N–H and O–H groups in total. The van der Waals surface area contributed by atoms with E-state index in [1.807, 2.05) is 26.0 Å². The highest BCUT2D eigenvalue weighted by Crippen LogP contribution is 2.34. The summed E-state index contributed by atoms with van der Waals surface area (Å²) < 4.78 is 5.91. The topological polar surface area (TPSA) is 87.4 Å². The molecule has 0 fully saturated rings. The van der Waals surface area contributed by atoms with Crippen molar-refractivity contribution in [2.75, 3.05) is 5.32 Å². The number of carbonyl (C=O) groups is 1. The number of aromatic hydroxyl groups is 1. The van der Waals surface area contributed by atoms with Gasteiger partial charge in [0.1, 0.15) is 11.3 Å². The minimum Gasteiger partial charge on any atom is -0.507 e. The van der Waals surface area contributed by atoms with Gasteiger partial charge < -0.3 is 14.8 Å². The number of phenolic OH excluding ortho intramolecular Hbond substituents is 1. The van der Waals surface area contributed by atoms with Crippen LogP contribution in [0, 0.1) is 13.8 Å². The first kappa shape index (κ1) is 22.5. The fraction of sp³-hybridized carbons (Fsp3) is 0.0800. The summed E-state index contributed by atoms with van der Waals surface area (Å²) in [5, 5.41) is 16.6. The van der Waals surface area contributed by atoms with Gasteiger partial charge in [-0.05, 0) is 85.2 Å². The average Bonchev–Trinajstić information content (AvgIpc) is 3.19. The third kappa shape index (κ3) is 5.39. The molecule has 0 aliphatic carbocycles. The van der Waals surface area contributed by atoms with E-state index in [4.69, 9.17) is 28.2 Å². The van der Waals surface area contributed by atoms with E-state index in [9.17, 15) is 9.90 Å². The van der Waals surface area contributed by atoms with Crippen molar-refractivity contribution in [2.45, 2.75) is 13.8 Å². The van der Waals surface area contributed by atoms with Crippen molar-refractivity contribution >= 4 is 57.7 Å². The Hall–Kier alpha value is -3.68. The summed E-state index contributed by atoms with van der Waals surface area (Å²) >= 11 is 11.1. The number of aryl methyl sites for hydroxylation is 2. The van der Waals surface area contributed by atoms with Crippen LogP contribution in [0.25, 0.3) is 28.6 Å². The molecule has 6 nitrogen and oxygen atoms in total. The number of halogens is 1. The first-order chi connectivity index (χ1) is 15.8. The second-order valence-corrected chi connectivity index (χ2v) is 8.35. The second-order valence-electron chi connectivity index (χ2n) is 7.51. The molecule has 4 aromatic rings. The van der Waals surface area contributed by atoms with Crippen LogP contribution < -0.4 is 10.6 Å². The van der Waals surface area contributed by atoms with E-state index < -0.39 is 0 Å². The predicted molar refractivity (Wildman–Crippen MR) is 135 cm³/mol. The summed E-state index contributed by atoms with van der Waals surface area (Å²) in [5.74, 6) is -0.0747. The maximum Gasteiger partial charge on any atom is 0.250 e. The number of amides is 1. The molecule has 1 aromatic heterocycles. The summed E-state index contributed by atoms with van der Waals surface area (Å²) in [5.41, 5.74) is 5.23. The van der Waals surface area contributed by atoms with Crippen molar-refractivity contribution in [1.82, 2.24) is 10.3 Å². The van der Waals surface area contributed by atoms with Crippen molar-refractivity contribution in [2.24, 2.45) is 0 Å². The van der Waals surface area contributed by atoms with Crippen molar-refractivity contribution in [3.63, 3.8) is 0 Å². The summed E-state index contributed by atoms with van der Waals surface area (Å²) in [4.78, 5) is 16.7. The minimum absolute atomic E-state index is 0.0160. The normalized spacial score (nSPS) is 11.1. The number of thiocarbonyl (C=S) groups is 1. The van der Waals surface area contributed by atoms with Crippen molar-refractivity contribution in [3.8, 4) is 17.2 Å². The molecule has 0 saturated carbocycles. The van der Waals surface area contributed by atoms with Gasteiger partial charge in [-0.25, -0.2) is 4.98 Å². The molecule has 0 aliphatic heterocycles. The monoisotopic (exact) mass is 477 g/mol. The molecule has 0 aliphatic rings. The molecular weight excluding hydrogens is 458 g/mol. The molecule has 166 valence electrons. The lowest BCUT2D eigenvalue weighted by Crippen LogP contribution is -2.32. The van der Waals surface area contributed by atoms with Gasteiger partial charge in [-0.3, -0.25) is 10.1 Å². The fourth-order valence-corrected chi connectivity index (χ4v) is 3.68. The highest BCUT2D eigenvalue weighted by atomic mass is 35.5. The maximum absolute atomic E-state index is 12.2.